The minimum Gasteiger partial charge on any atom is -0.505 e. The number of phenolic OH excluding ortho intramolecular Hbond substituents is 1. The van der Waals surface area contributed by atoms with Crippen LogP contribution in [0.1, 0.15) is 41.9 Å². The summed E-state index contributed by atoms with van der Waals surface area (Å²) in [6.45, 7) is 5.04. The van der Waals surface area contributed by atoms with Gasteiger partial charge >= 0.3 is 12.3 Å². The van der Waals surface area contributed by atoms with Gasteiger partial charge in [-0.25, -0.2) is 4.39 Å². The van der Waals surface area contributed by atoms with Crippen molar-refractivity contribution in [3.8, 4) is 11.5 Å². The Hall–Kier alpha value is -3.56. The smallest absolute Gasteiger partial charge is 0.505 e. The number of phenols is 1. The molecule has 1 aromatic heterocycles. The standard InChI is InChI=1S/C23H21F4NO5/c1-4-12(2)32-19(30)11-16-13(3)28(17-9-10-18(29)21(24)20(16)17)22(31)14-5-7-15(8-6-14)33-23(25,26)27/h5-10,12,29H,4,11H2,1-3H3. The number of hydrogen-bond donors (Lipinski definition) is 1. The molecule has 33 heavy (non-hydrogen) atoms. The second-order valence-electron chi connectivity index (χ2n) is 7.46. The molecule has 0 fully saturated rings. The highest BCUT2D eigenvalue weighted by molar-refractivity contribution is 6.05. The molecule has 1 atom stereocenters. The molecule has 10 heteroatoms. The Morgan fingerprint density at radius 1 is 1.12 bits per heavy atom. The second-order valence-corrected chi connectivity index (χ2v) is 7.46. The molecule has 1 N–H and O–H groups in total. The first-order valence-corrected chi connectivity index (χ1v) is 10.0. The number of carbonyl (C=O) groups excluding carboxylic acids is 2. The molecule has 0 amide bonds. The van der Waals surface area contributed by atoms with Gasteiger partial charge in [-0.2, -0.15) is 0 Å². The van der Waals surface area contributed by atoms with Crippen LogP contribution in [-0.4, -0.2) is 34.0 Å². The van der Waals surface area contributed by atoms with E-state index in [0.29, 0.717) is 6.42 Å². The van der Waals surface area contributed by atoms with Crippen molar-refractivity contribution in [3.05, 3.63) is 59.0 Å². The highest BCUT2D eigenvalue weighted by Crippen LogP contribution is 2.34. The van der Waals surface area contributed by atoms with Crippen molar-refractivity contribution in [1.29, 1.82) is 0 Å². The summed E-state index contributed by atoms with van der Waals surface area (Å²) in [4.78, 5) is 25.6. The normalized spacial score (nSPS) is 12.6. The monoisotopic (exact) mass is 467 g/mol. The summed E-state index contributed by atoms with van der Waals surface area (Å²) in [6.07, 6.45) is -5.00. The molecule has 0 saturated heterocycles. The fourth-order valence-electron chi connectivity index (χ4n) is 3.42. The summed E-state index contributed by atoms with van der Waals surface area (Å²) >= 11 is 0. The molecule has 1 heterocycles. The number of esters is 1. The molecule has 1 unspecified atom stereocenters. The molecular formula is C23H21F4NO5. The Morgan fingerprint density at radius 2 is 1.76 bits per heavy atom. The number of aromatic nitrogens is 1. The van der Waals surface area contributed by atoms with E-state index in [2.05, 4.69) is 4.74 Å². The van der Waals surface area contributed by atoms with E-state index in [9.17, 15) is 32.3 Å². The molecule has 0 aliphatic rings. The number of carbonyl (C=O) groups is 2. The second kappa shape index (κ2) is 9.13. The van der Waals surface area contributed by atoms with Gasteiger partial charge in [0.1, 0.15) is 5.75 Å². The Kier molecular flexibility index (Phi) is 6.66. The predicted molar refractivity (Wildman–Crippen MR) is 111 cm³/mol. The summed E-state index contributed by atoms with van der Waals surface area (Å²) in [5, 5.41) is 9.74. The summed E-state index contributed by atoms with van der Waals surface area (Å²) < 4.78 is 62.2. The Bertz CT molecular complexity index is 1200. The van der Waals surface area contributed by atoms with Crippen LogP contribution in [0.25, 0.3) is 10.9 Å². The maximum Gasteiger partial charge on any atom is 0.573 e. The van der Waals surface area contributed by atoms with Crippen molar-refractivity contribution in [2.45, 2.75) is 46.1 Å². The summed E-state index contributed by atoms with van der Waals surface area (Å²) in [5.74, 6) is -3.45. The molecule has 176 valence electrons. The molecular weight excluding hydrogens is 446 g/mol. The number of ether oxygens (including phenoxy) is 2. The Morgan fingerprint density at radius 3 is 2.33 bits per heavy atom. The van der Waals surface area contributed by atoms with Crippen LogP contribution in [0.2, 0.25) is 0 Å². The van der Waals surface area contributed by atoms with Crippen LogP contribution in [0.15, 0.2) is 36.4 Å². The number of benzene rings is 2. The molecule has 0 spiro atoms. The third-order valence-electron chi connectivity index (χ3n) is 5.18. The molecule has 3 rings (SSSR count). The first-order valence-electron chi connectivity index (χ1n) is 10.0. The maximum absolute atomic E-state index is 14.9. The number of hydrogen-bond acceptors (Lipinski definition) is 5. The SMILES string of the molecule is CCC(C)OC(=O)Cc1c(C)n(C(=O)c2ccc(OC(F)(F)F)cc2)c2ccc(O)c(F)c12. The van der Waals surface area contributed by atoms with E-state index in [1.54, 1.807) is 6.92 Å². The third kappa shape index (κ3) is 5.10. The van der Waals surface area contributed by atoms with Crippen molar-refractivity contribution in [2.75, 3.05) is 0 Å². The topological polar surface area (TPSA) is 77.8 Å². The van der Waals surface area contributed by atoms with E-state index in [-0.39, 0.29) is 40.2 Å². The molecule has 0 aliphatic carbocycles. The van der Waals surface area contributed by atoms with Crippen LogP contribution < -0.4 is 4.74 Å². The highest BCUT2D eigenvalue weighted by atomic mass is 19.4. The van der Waals surface area contributed by atoms with Crippen LogP contribution in [0.3, 0.4) is 0 Å². The van der Waals surface area contributed by atoms with Crippen molar-refractivity contribution in [3.63, 3.8) is 0 Å². The van der Waals surface area contributed by atoms with Crippen LogP contribution in [0.4, 0.5) is 17.6 Å². The van der Waals surface area contributed by atoms with Crippen molar-refractivity contribution in [1.82, 2.24) is 4.57 Å². The van der Waals surface area contributed by atoms with E-state index in [1.165, 1.54) is 13.0 Å². The third-order valence-corrected chi connectivity index (χ3v) is 5.18. The average molecular weight is 467 g/mol. The lowest BCUT2D eigenvalue weighted by Crippen LogP contribution is -2.18. The summed E-state index contributed by atoms with van der Waals surface area (Å²) in [7, 11) is 0. The van der Waals surface area contributed by atoms with Crippen LogP contribution >= 0.6 is 0 Å². The molecule has 6 nitrogen and oxygen atoms in total. The number of alkyl halides is 3. The minimum absolute atomic E-state index is 0.00624. The lowest BCUT2D eigenvalue weighted by Gasteiger charge is -2.11. The fraction of sp³-hybridized carbons (Fsp3) is 0.304. The van der Waals surface area contributed by atoms with E-state index in [1.807, 2.05) is 6.92 Å². The zero-order valence-corrected chi connectivity index (χ0v) is 18.0. The predicted octanol–water partition coefficient (Wildman–Crippen LogP) is 5.27. The quantitative estimate of drug-likeness (QED) is 0.395. The lowest BCUT2D eigenvalue weighted by molar-refractivity contribution is -0.274. The zero-order chi connectivity index (χ0) is 24.5. The van der Waals surface area contributed by atoms with Crippen molar-refractivity contribution >= 4 is 22.8 Å². The van der Waals surface area contributed by atoms with Gasteiger partial charge in [0.05, 0.1) is 18.0 Å². The van der Waals surface area contributed by atoms with E-state index < -0.39 is 35.6 Å². The van der Waals surface area contributed by atoms with Gasteiger partial charge in [-0.15, -0.1) is 13.2 Å². The summed E-state index contributed by atoms with van der Waals surface area (Å²) in [5.41, 5.74) is 0.495. The fourth-order valence-corrected chi connectivity index (χ4v) is 3.42. The minimum atomic E-state index is -4.88. The molecule has 3 aromatic rings. The van der Waals surface area contributed by atoms with Gasteiger partial charge in [-0.3, -0.25) is 14.2 Å². The molecule has 0 radical (unpaired) electrons. The lowest BCUT2D eigenvalue weighted by atomic mass is 10.1. The van der Waals surface area contributed by atoms with Crippen molar-refractivity contribution < 1.29 is 41.7 Å². The van der Waals surface area contributed by atoms with E-state index in [0.717, 1.165) is 34.9 Å². The van der Waals surface area contributed by atoms with Gasteiger partial charge in [0.2, 0.25) is 0 Å². The Labute approximate surface area is 186 Å². The van der Waals surface area contributed by atoms with E-state index in [4.69, 9.17) is 4.74 Å². The van der Waals surface area contributed by atoms with Gasteiger partial charge in [0, 0.05) is 16.6 Å². The van der Waals surface area contributed by atoms with Crippen LogP contribution in [-0.2, 0) is 16.0 Å². The molecule has 0 saturated carbocycles. The first-order chi connectivity index (χ1) is 15.4. The molecule has 0 bridgehead atoms. The number of aromatic hydroxyl groups is 1. The number of halogens is 4. The van der Waals surface area contributed by atoms with Crippen LogP contribution in [0.5, 0.6) is 11.5 Å². The van der Waals surface area contributed by atoms with E-state index >= 15 is 0 Å². The number of fused-ring (bicyclic) bond motifs is 1. The van der Waals surface area contributed by atoms with Gasteiger partial charge in [-0.05, 0) is 62.2 Å². The average Bonchev–Trinajstić information content (AvgIpc) is 3.01. The highest BCUT2D eigenvalue weighted by Gasteiger charge is 2.31. The number of rotatable bonds is 6. The van der Waals surface area contributed by atoms with Crippen molar-refractivity contribution in [2.24, 2.45) is 0 Å². The number of nitrogens with zero attached hydrogens (tertiary/aromatic N) is 1. The maximum atomic E-state index is 14.9. The summed E-state index contributed by atoms with van der Waals surface area (Å²) in [6, 6.07) is 6.65. The van der Waals surface area contributed by atoms with Gasteiger partial charge in [0.15, 0.2) is 11.6 Å². The first kappa shape index (κ1) is 24.1. The van der Waals surface area contributed by atoms with Gasteiger partial charge in [-0.1, -0.05) is 6.92 Å². The zero-order valence-electron chi connectivity index (χ0n) is 18.0. The Balaban J connectivity index is 2.06. The van der Waals surface area contributed by atoms with Gasteiger partial charge in [0.25, 0.3) is 5.91 Å². The largest absolute Gasteiger partial charge is 0.573 e. The molecule has 2 aromatic carbocycles. The van der Waals surface area contributed by atoms with Crippen LogP contribution in [0, 0.1) is 12.7 Å². The van der Waals surface area contributed by atoms with Gasteiger partial charge < -0.3 is 14.6 Å². The molecule has 0 aliphatic heterocycles.